The van der Waals surface area contributed by atoms with Crippen LogP contribution < -0.4 is 5.32 Å². The topological polar surface area (TPSA) is 15.3 Å². The lowest BCUT2D eigenvalue weighted by Gasteiger charge is -2.38. The van der Waals surface area contributed by atoms with E-state index in [0.717, 1.165) is 12.0 Å². The molecular weight excluding hydrogens is 264 g/mol. The Labute approximate surface area is 127 Å². The fourth-order valence-electron chi connectivity index (χ4n) is 3.82. The first-order valence-electron chi connectivity index (χ1n) is 8.34. The second-order valence-electron chi connectivity index (χ2n) is 6.43. The van der Waals surface area contributed by atoms with Gasteiger partial charge in [-0.3, -0.25) is 4.90 Å². The predicted molar refractivity (Wildman–Crippen MR) is 87.4 cm³/mol. The van der Waals surface area contributed by atoms with E-state index in [1.54, 1.807) is 4.88 Å². The fourth-order valence-corrected chi connectivity index (χ4v) is 4.86. The van der Waals surface area contributed by atoms with Crippen LogP contribution in [-0.4, -0.2) is 30.6 Å². The molecule has 112 valence electrons. The first kappa shape index (κ1) is 14.6. The van der Waals surface area contributed by atoms with E-state index in [4.69, 9.17) is 0 Å². The number of nitrogens with zero attached hydrogens (tertiary/aromatic N) is 1. The summed E-state index contributed by atoms with van der Waals surface area (Å²) in [5, 5.41) is 3.71. The molecule has 0 saturated carbocycles. The molecule has 0 aliphatic carbocycles. The van der Waals surface area contributed by atoms with Gasteiger partial charge in [-0.15, -0.1) is 11.3 Å². The Morgan fingerprint density at radius 3 is 2.95 bits per heavy atom. The van der Waals surface area contributed by atoms with Gasteiger partial charge in [-0.2, -0.15) is 0 Å². The summed E-state index contributed by atoms with van der Waals surface area (Å²) in [6.45, 7) is 8.46. The highest BCUT2D eigenvalue weighted by molar-refractivity contribution is 7.12. The van der Waals surface area contributed by atoms with Crippen molar-refractivity contribution in [3.63, 3.8) is 0 Å². The Morgan fingerprint density at radius 1 is 1.35 bits per heavy atom. The molecule has 3 rings (SSSR count). The molecule has 1 N–H and O–H groups in total. The minimum atomic E-state index is 0.601. The largest absolute Gasteiger partial charge is 0.314 e. The minimum absolute atomic E-state index is 0.601. The Morgan fingerprint density at radius 2 is 2.25 bits per heavy atom. The Bertz CT molecular complexity index is 422. The van der Waals surface area contributed by atoms with E-state index >= 15 is 0 Å². The zero-order valence-electron chi connectivity index (χ0n) is 12.9. The summed E-state index contributed by atoms with van der Waals surface area (Å²) >= 11 is 2.01. The van der Waals surface area contributed by atoms with Gasteiger partial charge in [-0.1, -0.05) is 6.92 Å². The number of likely N-dealkylation sites (tertiary alicyclic amines) is 1. The molecule has 2 aliphatic heterocycles. The molecule has 0 amide bonds. The van der Waals surface area contributed by atoms with E-state index in [1.165, 1.54) is 56.6 Å². The summed E-state index contributed by atoms with van der Waals surface area (Å²) in [4.78, 5) is 5.80. The first-order chi connectivity index (χ1) is 9.78. The summed E-state index contributed by atoms with van der Waals surface area (Å²) in [7, 11) is 0. The van der Waals surface area contributed by atoms with E-state index in [-0.39, 0.29) is 0 Å². The van der Waals surface area contributed by atoms with Crippen molar-refractivity contribution >= 4 is 11.3 Å². The third-order valence-corrected chi connectivity index (χ3v) is 6.55. The van der Waals surface area contributed by atoms with Crippen molar-refractivity contribution in [2.45, 2.75) is 58.0 Å². The average molecular weight is 292 g/mol. The van der Waals surface area contributed by atoms with Gasteiger partial charge in [-0.05, 0) is 70.2 Å². The number of aryl methyl sites for hydroxylation is 1. The molecule has 0 aromatic carbocycles. The van der Waals surface area contributed by atoms with Crippen LogP contribution in [0.4, 0.5) is 0 Å². The van der Waals surface area contributed by atoms with Crippen LogP contribution in [0.2, 0.25) is 0 Å². The highest BCUT2D eigenvalue weighted by Gasteiger charge is 2.31. The maximum absolute atomic E-state index is 3.71. The second-order valence-corrected chi connectivity index (χ2v) is 7.63. The van der Waals surface area contributed by atoms with E-state index in [0.29, 0.717) is 6.04 Å². The highest BCUT2D eigenvalue weighted by Crippen LogP contribution is 2.33. The van der Waals surface area contributed by atoms with E-state index in [2.05, 4.69) is 36.2 Å². The van der Waals surface area contributed by atoms with Gasteiger partial charge >= 0.3 is 0 Å². The molecule has 0 radical (unpaired) electrons. The second kappa shape index (κ2) is 6.59. The molecule has 2 fully saturated rings. The van der Waals surface area contributed by atoms with Crippen LogP contribution in [0.5, 0.6) is 0 Å². The molecule has 1 aromatic heterocycles. The fraction of sp³-hybridized carbons (Fsp3) is 0.765. The molecule has 2 nitrogen and oxygen atoms in total. The molecule has 1 aromatic rings. The van der Waals surface area contributed by atoms with E-state index in [1.807, 2.05) is 11.3 Å². The highest BCUT2D eigenvalue weighted by atomic mass is 32.1. The normalized spacial score (nSPS) is 29.7. The smallest absolute Gasteiger partial charge is 0.0413 e. The van der Waals surface area contributed by atoms with Crippen molar-refractivity contribution in [2.75, 3.05) is 19.6 Å². The molecule has 0 spiro atoms. The maximum Gasteiger partial charge on any atom is 0.0413 e. The van der Waals surface area contributed by atoms with Crippen LogP contribution in [0.1, 0.15) is 55.3 Å². The van der Waals surface area contributed by atoms with Crippen molar-refractivity contribution in [2.24, 2.45) is 5.92 Å². The molecular formula is C17H28N2S. The van der Waals surface area contributed by atoms with Crippen LogP contribution in [0.25, 0.3) is 0 Å². The number of hydrogen-bond acceptors (Lipinski definition) is 3. The summed E-state index contributed by atoms with van der Waals surface area (Å²) in [5.74, 6) is 0.874. The molecule has 3 heteroatoms. The number of hydrogen-bond donors (Lipinski definition) is 1. The number of thiophene rings is 1. The van der Waals surface area contributed by atoms with Crippen LogP contribution >= 0.6 is 11.3 Å². The van der Waals surface area contributed by atoms with Crippen LogP contribution in [-0.2, 0) is 6.42 Å². The minimum Gasteiger partial charge on any atom is -0.314 e. The lowest BCUT2D eigenvalue weighted by atomic mass is 9.89. The molecule has 0 bridgehead atoms. The van der Waals surface area contributed by atoms with Crippen molar-refractivity contribution in [3.05, 3.63) is 21.9 Å². The zero-order chi connectivity index (χ0) is 13.9. The van der Waals surface area contributed by atoms with Gasteiger partial charge in [0.05, 0.1) is 0 Å². The molecule has 20 heavy (non-hydrogen) atoms. The monoisotopic (exact) mass is 292 g/mol. The quantitative estimate of drug-likeness (QED) is 0.907. The standard InChI is InChI=1S/C17H28N2S/c1-3-15-8-9-17(20-15)13(2)19-11-5-6-14(12-19)16-7-4-10-18-16/h8-9,13-14,16,18H,3-7,10-12H2,1-2H3. The molecule has 2 saturated heterocycles. The van der Waals surface area contributed by atoms with Crippen LogP contribution in [0.15, 0.2) is 12.1 Å². The van der Waals surface area contributed by atoms with E-state index in [9.17, 15) is 0 Å². The van der Waals surface area contributed by atoms with Gasteiger partial charge in [0.25, 0.3) is 0 Å². The predicted octanol–water partition coefficient (Wildman–Crippen LogP) is 3.84. The lowest BCUT2D eigenvalue weighted by molar-refractivity contribution is 0.116. The van der Waals surface area contributed by atoms with Gasteiger partial charge in [0, 0.05) is 28.4 Å². The summed E-state index contributed by atoms with van der Waals surface area (Å²) in [6, 6.07) is 6.06. The number of piperidine rings is 1. The molecule has 2 aliphatic rings. The molecule has 3 heterocycles. The van der Waals surface area contributed by atoms with Crippen molar-refractivity contribution in [1.82, 2.24) is 10.2 Å². The molecule has 3 atom stereocenters. The Kier molecular flexibility index (Phi) is 4.79. The Balaban J connectivity index is 1.63. The van der Waals surface area contributed by atoms with Crippen molar-refractivity contribution in [1.29, 1.82) is 0 Å². The van der Waals surface area contributed by atoms with Gasteiger partial charge in [0.2, 0.25) is 0 Å². The SMILES string of the molecule is CCc1ccc(C(C)N2CCCC(C3CCCN3)C2)s1. The maximum atomic E-state index is 3.71. The van der Waals surface area contributed by atoms with Crippen molar-refractivity contribution in [3.8, 4) is 0 Å². The van der Waals surface area contributed by atoms with Gasteiger partial charge in [0.15, 0.2) is 0 Å². The third-order valence-electron chi connectivity index (χ3n) is 5.15. The Hall–Kier alpha value is -0.380. The third kappa shape index (κ3) is 3.10. The zero-order valence-corrected chi connectivity index (χ0v) is 13.7. The van der Waals surface area contributed by atoms with Crippen molar-refractivity contribution < 1.29 is 0 Å². The number of nitrogens with one attached hydrogen (secondary N) is 1. The van der Waals surface area contributed by atoms with Gasteiger partial charge < -0.3 is 5.32 Å². The first-order valence-corrected chi connectivity index (χ1v) is 9.15. The summed E-state index contributed by atoms with van der Waals surface area (Å²) in [6.07, 6.45) is 6.74. The average Bonchev–Trinajstić information content (AvgIpc) is 3.17. The number of rotatable bonds is 4. The lowest BCUT2D eigenvalue weighted by Crippen LogP contribution is -2.44. The van der Waals surface area contributed by atoms with Crippen LogP contribution in [0.3, 0.4) is 0 Å². The summed E-state index contributed by atoms with van der Waals surface area (Å²) < 4.78 is 0. The molecule has 3 unspecified atom stereocenters. The van der Waals surface area contributed by atoms with Gasteiger partial charge in [0.1, 0.15) is 0 Å². The van der Waals surface area contributed by atoms with Gasteiger partial charge in [-0.25, -0.2) is 0 Å². The van der Waals surface area contributed by atoms with E-state index < -0.39 is 0 Å². The summed E-state index contributed by atoms with van der Waals surface area (Å²) in [5.41, 5.74) is 0. The van der Waals surface area contributed by atoms with Crippen LogP contribution in [0, 0.1) is 5.92 Å².